The predicted molar refractivity (Wildman–Crippen MR) is 79.4 cm³/mol. The molecule has 20 heavy (non-hydrogen) atoms. The molecule has 4 nitrogen and oxygen atoms in total. The predicted octanol–water partition coefficient (Wildman–Crippen LogP) is 3.78. The zero-order valence-corrected chi connectivity index (χ0v) is 11.4. The number of hydrogen-bond donors (Lipinski definition) is 1. The monoisotopic (exact) mass is 267 g/mol. The minimum Gasteiger partial charge on any atom is -0.444 e. The van der Waals surface area contributed by atoms with Gasteiger partial charge in [-0.1, -0.05) is 0 Å². The lowest BCUT2D eigenvalue weighted by molar-refractivity contribution is 0.572. The minimum atomic E-state index is 0.788. The average Bonchev–Trinajstić information content (AvgIpc) is 3.17. The molecule has 0 amide bonds. The summed E-state index contributed by atoms with van der Waals surface area (Å²) in [7, 11) is 0. The van der Waals surface area contributed by atoms with E-state index in [1.165, 1.54) is 12.0 Å². The Balaban J connectivity index is 1.63. The summed E-state index contributed by atoms with van der Waals surface area (Å²) in [6.07, 6.45) is 7.43. The molecule has 0 atom stereocenters. The van der Waals surface area contributed by atoms with Gasteiger partial charge in [-0.15, -0.1) is 0 Å². The van der Waals surface area contributed by atoms with Crippen LogP contribution in [0.15, 0.2) is 59.7 Å². The van der Waals surface area contributed by atoms with Crippen molar-refractivity contribution in [3.8, 4) is 11.3 Å². The van der Waals surface area contributed by atoms with Crippen molar-refractivity contribution in [2.75, 3.05) is 5.32 Å². The first kappa shape index (κ1) is 12.5. The van der Waals surface area contributed by atoms with E-state index in [1.807, 2.05) is 12.1 Å². The molecule has 0 aliphatic rings. The molecule has 2 heterocycles. The fourth-order valence-electron chi connectivity index (χ4n) is 2.11. The standard InChI is InChI=1S/C16H17N3O/c1-2-19-8-7-13(11-19)9-18-15-5-3-14(4-6-15)16-10-17-12-20-16/h3-8,10-12,18H,2,9H2,1H3. The lowest BCUT2D eigenvalue weighted by atomic mass is 10.1. The van der Waals surface area contributed by atoms with Gasteiger partial charge in [0.15, 0.2) is 12.2 Å². The van der Waals surface area contributed by atoms with E-state index in [0.717, 1.165) is 30.1 Å². The third-order valence-corrected chi connectivity index (χ3v) is 3.28. The molecule has 0 unspecified atom stereocenters. The Hall–Kier alpha value is -2.49. The van der Waals surface area contributed by atoms with Crippen molar-refractivity contribution in [2.45, 2.75) is 20.0 Å². The maximum atomic E-state index is 5.27. The van der Waals surface area contributed by atoms with Gasteiger partial charge in [-0.05, 0) is 42.8 Å². The number of rotatable bonds is 5. The lowest BCUT2D eigenvalue weighted by Gasteiger charge is -2.05. The van der Waals surface area contributed by atoms with Crippen molar-refractivity contribution in [3.05, 3.63) is 60.9 Å². The zero-order chi connectivity index (χ0) is 13.8. The molecule has 3 aromatic rings. The first-order valence-electron chi connectivity index (χ1n) is 6.72. The number of aromatic nitrogens is 2. The van der Waals surface area contributed by atoms with Crippen LogP contribution in [0, 0.1) is 0 Å². The SMILES string of the molecule is CCn1ccc(CNc2ccc(-c3cnco3)cc2)c1. The van der Waals surface area contributed by atoms with Crippen LogP contribution >= 0.6 is 0 Å². The van der Waals surface area contributed by atoms with Gasteiger partial charge in [0.25, 0.3) is 0 Å². The number of anilines is 1. The van der Waals surface area contributed by atoms with Gasteiger partial charge >= 0.3 is 0 Å². The molecular weight excluding hydrogens is 250 g/mol. The third-order valence-electron chi connectivity index (χ3n) is 3.28. The second kappa shape index (κ2) is 5.65. The number of benzene rings is 1. The first-order chi connectivity index (χ1) is 9.85. The Labute approximate surface area is 118 Å². The molecular formula is C16H17N3O. The fraction of sp³-hybridized carbons (Fsp3) is 0.188. The second-order valence-corrected chi connectivity index (χ2v) is 4.65. The van der Waals surface area contributed by atoms with Gasteiger partial charge in [0, 0.05) is 36.7 Å². The van der Waals surface area contributed by atoms with E-state index in [4.69, 9.17) is 4.42 Å². The molecule has 0 saturated heterocycles. The first-order valence-corrected chi connectivity index (χ1v) is 6.72. The summed E-state index contributed by atoms with van der Waals surface area (Å²) in [4.78, 5) is 3.92. The number of aryl methyl sites for hydroxylation is 1. The summed E-state index contributed by atoms with van der Waals surface area (Å²) in [5.74, 6) is 0.788. The molecule has 0 spiro atoms. The van der Waals surface area contributed by atoms with Crippen molar-refractivity contribution < 1.29 is 4.42 Å². The Morgan fingerprint density at radius 1 is 1.20 bits per heavy atom. The molecule has 0 saturated carbocycles. The molecule has 0 radical (unpaired) electrons. The highest BCUT2D eigenvalue weighted by Gasteiger charge is 2.01. The van der Waals surface area contributed by atoms with E-state index in [2.05, 4.69) is 52.4 Å². The third kappa shape index (κ3) is 2.74. The Bertz CT molecular complexity index is 653. The topological polar surface area (TPSA) is 43.0 Å². The molecule has 1 aromatic carbocycles. The van der Waals surface area contributed by atoms with E-state index >= 15 is 0 Å². The van der Waals surface area contributed by atoms with E-state index in [-0.39, 0.29) is 0 Å². The van der Waals surface area contributed by atoms with Crippen molar-refractivity contribution in [2.24, 2.45) is 0 Å². The molecule has 3 rings (SSSR count). The second-order valence-electron chi connectivity index (χ2n) is 4.65. The minimum absolute atomic E-state index is 0.788. The average molecular weight is 267 g/mol. The van der Waals surface area contributed by atoms with E-state index in [9.17, 15) is 0 Å². The summed E-state index contributed by atoms with van der Waals surface area (Å²) in [6.45, 7) is 3.97. The number of oxazole rings is 1. The molecule has 4 heteroatoms. The molecule has 0 aliphatic carbocycles. The summed E-state index contributed by atoms with van der Waals surface area (Å²) < 4.78 is 7.44. The van der Waals surface area contributed by atoms with Crippen LogP contribution in [0.5, 0.6) is 0 Å². The van der Waals surface area contributed by atoms with Gasteiger partial charge < -0.3 is 14.3 Å². The van der Waals surface area contributed by atoms with Gasteiger partial charge in [-0.3, -0.25) is 0 Å². The highest BCUT2D eigenvalue weighted by atomic mass is 16.3. The van der Waals surface area contributed by atoms with E-state index in [1.54, 1.807) is 6.20 Å². The van der Waals surface area contributed by atoms with Gasteiger partial charge in [-0.25, -0.2) is 4.98 Å². The largest absolute Gasteiger partial charge is 0.444 e. The molecule has 1 N–H and O–H groups in total. The summed E-state index contributed by atoms with van der Waals surface area (Å²) in [6, 6.07) is 10.3. The van der Waals surface area contributed by atoms with E-state index < -0.39 is 0 Å². The summed E-state index contributed by atoms with van der Waals surface area (Å²) in [5, 5.41) is 3.41. The van der Waals surface area contributed by atoms with Crippen LogP contribution in [-0.4, -0.2) is 9.55 Å². The highest BCUT2D eigenvalue weighted by molar-refractivity contribution is 5.60. The van der Waals surface area contributed by atoms with Crippen LogP contribution in [0.25, 0.3) is 11.3 Å². The summed E-state index contributed by atoms with van der Waals surface area (Å²) in [5.41, 5.74) is 3.41. The van der Waals surface area contributed by atoms with Crippen molar-refractivity contribution in [1.29, 1.82) is 0 Å². The maximum absolute atomic E-state index is 5.27. The van der Waals surface area contributed by atoms with Crippen LogP contribution in [0.3, 0.4) is 0 Å². The van der Waals surface area contributed by atoms with Crippen molar-refractivity contribution >= 4 is 5.69 Å². The summed E-state index contributed by atoms with van der Waals surface area (Å²) >= 11 is 0. The Morgan fingerprint density at radius 3 is 2.70 bits per heavy atom. The molecule has 0 aliphatic heterocycles. The smallest absolute Gasteiger partial charge is 0.181 e. The van der Waals surface area contributed by atoms with Crippen molar-refractivity contribution in [1.82, 2.24) is 9.55 Å². The quantitative estimate of drug-likeness (QED) is 0.765. The maximum Gasteiger partial charge on any atom is 0.181 e. The highest BCUT2D eigenvalue weighted by Crippen LogP contribution is 2.21. The van der Waals surface area contributed by atoms with E-state index in [0.29, 0.717) is 0 Å². The molecule has 0 fully saturated rings. The Morgan fingerprint density at radius 2 is 2.05 bits per heavy atom. The van der Waals surface area contributed by atoms with Gasteiger partial charge in [0.05, 0.1) is 6.20 Å². The van der Waals surface area contributed by atoms with Gasteiger partial charge in [0.1, 0.15) is 0 Å². The van der Waals surface area contributed by atoms with Crippen LogP contribution in [0.2, 0.25) is 0 Å². The molecule has 2 aromatic heterocycles. The van der Waals surface area contributed by atoms with Crippen LogP contribution < -0.4 is 5.32 Å². The van der Waals surface area contributed by atoms with Crippen LogP contribution in [0.4, 0.5) is 5.69 Å². The normalized spacial score (nSPS) is 10.7. The number of nitrogens with zero attached hydrogens (tertiary/aromatic N) is 2. The van der Waals surface area contributed by atoms with Gasteiger partial charge in [0.2, 0.25) is 0 Å². The zero-order valence-electron chi connectivity index (χ0n) is 11.4. The van der Waals surface area contributed by atoms with Crippen LogP contribution in [0.1, 0.15) is 12.5 Å². The number of nitrogens with one attached hydrogen (secondary N) is 1. The molecule has 102 valence electrons. The lowest BCUT2D eigenvalue weighted by Crippen LogP contribution is -1.98. The number of hydrogen-bond acceptors (Lipinski definition) is 3. The van der Waals surface area contributed by atoms with Crippen LogP contribution in [-0.2, 0) is 13.1 Å². The Kier molecular flexibility index (Phi) is 3.54. The fourth-order valence-corrected chi connectivity index (χ4v) is 2.11. The van der Waals surface area contributed by atoms with Crippen molar-refractivity contribution in [3.63, 3.8) is 0 Å². The molecule has 0 bridgehead atoms. The van der Waals surface area contributed by atoms with Gasteiger partial charge in [-0.2, -0.15) is 0 Å².